The zero-order valence-corrected chi connectivity index (χ0v) is 22.3. The summed E-state index contributed by atoms with van der Waals surface area (Å²) in [5, 5.41) is 19.5. The van der Waals surface area contributed by atoms with Gasteiger partial charge in [-0.05, 0) is 67.0 Å². The van der Waals surface area contributed by atoms with E-state index in [1.54, 1.807) is 24.3 Å². The number of aromatic hydroxyl groups is 2. The van der Waals surface area contributed by atoms with Crippen molar-refractivity contribution in [1.82, 2.24) is 0 Å². The zero-order valence-electron chi connectivity index (χ0n) is 22.3. The van der Waals surface area contributed by atoms with E-state index in [1.165, 1.54) is 49.7 Å². The second-order valence-electron chi connectivity index (χ2n) is 10.3. The summed E-state index contributed by atoms with van der Waals surface area (Å²) in [6, 6.07) is 15.1. The summed E-state index contributed by atoms with van der Waals surface area (Å²) in [5.74, 6) is 0.859. The van der Waals surface area contributed by atoms with Crippen molar-refractivity contribution >= 4 is 0 Å². The molecule has 2 aromatic rings. The summed E-state index contributed by atoms with van der Waals surface area (Å²) in [6.45, 7) is 9.66. The third kappa shape index (κ3) is 11.5. The van der Waals surface area contributed by atoms with Crippen LogP contribution in [0.1, 0.15) is 83.3 Å². The number of benzene rings is 2. The molecule has 0 atom stereocenters. The van der Waals surface area contributed by atoms with E-state index in [2.05, 4.69) is 20.8 Å². The van der Waals surface area contributed by atoms with Gasteiger partial charge in [0, 0.05) is 18.6 Å². The largest absolute Gasteiger partial charge is 0.508 e. The van der Waals surface area contributed by atoms with Crippen LogP contribution in [0.25, 0.3) is 0 Å². The highest BCUT2D eigenvalue weighted by Gasteiger charge is 2.35. The lowest BCUT2D eigenvalue weighted by Gasteiger charge is -2.38. The van der Waals surface area contributed by atoms with Crippen LogP contribution in [0.2, 0.25) is 0 Å². The molecule has 0 bridgehead atoms. The average molecular weight is 485 g/mol. The highest BCUT2D eigenvalue weighted by atomic mass is 16.5. The highest BCUT2D eigenvalue weighted by molar-refractivity contribution is 5.28. The van der Waals surface area contributed by atoms with E-state index in [0.717, 1.165) is 38.9 Å². The van der Waals surface area contributed by atoms with Crippen molar-refractivity contribution in [2.24, 2.45) is 11.3 Å². The summed E-state index contributed by atoms with van der Waals surface area (Å²) in [4.78, 5) is 0. The molecular weight excluding hydrogens is 436 g/mol. The number of ether oxygens (including phenoxy) is 2. The van der Waals surface area contributed by atoms with Gasteiger partial charge < -0.3 is 19.7 Å². The van der Waals surface area contributed by atoms with Gasteiger partial charge in [0.2, 0.25) is 0 Å². The van der Waals surface area contributed by atoms with Crippen LogP contribution < -0.4 is 0 Å². The van der Waals surface area contributed by atoms with Crippen LogP contribution in [0.4, 0.5) is 0 Å². The van der Waals surface area contributed by atoms with Crippen molar-refractivity contribution in [3.8, 4) is 11.5 Å². The monoisotopic (exact) mass is 484 g/mol. The van der Waals surface area contributed by atoms with Gasteiger partial charge in [0.15, 0.2) is 0 Å². The first-order valence-corrected chi connectivity index (χ1v) is 13.7. The summed E-state index contributed by atoms with van der Waals surface area (Å²) < 4.78 is 12.6. The zero-order chi connectivity index (χ0) is 25.4. The van der Waals surface area contributed by atoms with E-state index >= 15 is 0 Å². The predicted molar refractivity (Wildman–Crippen MR) is 145 cm³/mol. The van der Waals surface area contributed by atoms with Crippen LogP contribution in [0.5, 0.6) is 11.5 Å². The molecule has 0 amide bonds. The third-order valence-corrected chi connectivity index (χ3v) is 6.97. The van der Waals surface area contributed by atoms with E-state index < -0.39 is 0 Å². The molecule has 0 saturated heterocycles. The molecule has 0 unspecified atom stereocenters. The van der Waals surface area contributed by atoms with Crippen LogP contribution in [0.3, 0.4) is 0 Å². The Morgan fingerprint density at radius 3 is 1.40 bits per heavy atom. The first-order chi connectivity index (χ1) is 17.0. The van der Waals surface area contributed by atoms with Crippen LogP contribution in [0, 0.1) is 11.3 Å². The topological polar surface area (TPSA) is 58.9 Å². The van der Waals surface area contributed by atoms with E-state index in [9.17, 15) is 10.2 Å². The van der Waals surface area contributed by atoms with Gasteiger partial charge >= 0.3 is 0 Å². The highest BCUT2D eigenvalue weighted by Crippen LogP contribution is 2.35. The molecule has 2 N–H and O–H groups in total. The normalized spacial score (nSPS) is 11.9. The van der Waals surface area contributed by atoms with Gasteiger partial charge in [-0.2, -0.15) is 0 Å². The fourth-order valence-electron chi connectivity index (χ4n) is 4.55. The summed E-state index contributed by atoms with van der Waals surface area (Å²) in [6.07, 6.45) is 11.3. The molecule has 4 heteroatoms. The SMILES string of the molecule is CCCCCCOCC(C)(COCCCCCC)C(Cc1ccc(O)cc1)Cc1ccc(O)cc1. The molecule has 0 aromatic heterocycles. The fraction of sp³-hybridized carbons (Fsp3) is 0.613. The molecule has 0 radical (unpaired) electrons. The minimum absolute atomic E-state index is 0.161. The molecule has 0 spiro atoms. The Hall–Kier alpha value is -2.04. The van der Waals surface area contributed by atoms with Gasteiger partial charge in [-0.3, -0.25) is 0 Å². The van der Waals surface area contributed by atoms with E-state index in [1.807, 2.05) is 24.3 Å². The molecule has 0 fully saturated rings. The number of hydrogen-bond donors (Lipinski definition) is 2. The number of phenols is 2. The van der Waals surface area contributed by atoms with E-state index in [4.69, 9.17) is 9.47 Å². The van der Waals surface area contributed by atoms with Crippen LogP contribution in [-0.2, 0) is 22.3 Å². The first-order valence-electron chi connectivity index (χ1n) is 13.7. The van der Waals surface area contributed by atoms with Crippen molar-refractivity contribution in [3.05, 3.63) is 59.7 Å². The Morgan fingerprint density at radius 1 is 0.629 bits per heavy atom. The van der Waals surface area contributed by atoms with Gasteiger partial charge in [-0.1, -0.05) is 83.6 Å². The number of unbranched alkanes of at least 4 members (excludes halogenated alkanes) is 6. The summed E-state index contributed by atoms with van der Waals surface area (Å²) in [7, 11) is 0. The number of hydrogen-bond acceptors (Lipinski definition) is 4. The lowest BCUT2D eigenvalue weighted by atomic mass is 9.72. The minimum atomic E-state index is -0.161. The van der Waals surface area contributed by atoms with Gasteiger partial charge in [0.05, 0.1) is 13.2 Å². The average Bonchev–Trinajstić information content (AvgIpc) is 2.85. The van der Waals surface area contributed by atoms with E-state index in [-0.39, 0.29) is 22.8 Å². The quantitative estimate of drug-likeness (QED) is 0.201. The molecule has 2 rings (SSSR count). The van der Waals surface area contributed by atoms with Crippen molar-refractivity contribution in [1.29, 1.82) is 0 Å². The van der Waals surface area contributed by atoms with Crippen molar-refractivity contribution in [2.45, 2.75) is 85.0 Å². The van der Waals surface area contributed by atoms with E-state index in [0.29, 0.717) is 13.2 Å². The Balaban J connectivity index is 2.16. The Labute approximate surface area is 213 Å². The molecular formula is C31H48O4. The molecule has 196 valence electrons. The Kier molecular flexibility index (Phi) is 13.8. The third-order valence-electron chi connectivity index (χ3n) is 6.97. The lowest BCUT2D eigenvalue weighted by molar-refractivity contribution is -0.0466. The standard InChI is InChI=1S/C31H48O4/c1-4-6-8-10-20-34-24-31(3,25-35-21-11-9-7-5-2)28(22-26-12-16-29(32)17-13-26)23-27-14-18-30(33)19-15-27/h12-19,28,32-33H,4-11,20-25H2,1-3H3. The summed E-state index contributed by atoms with van der Waals surface area (Å²) in [5.41, 5.74) is 2.23. The molecule has 2 aromatic carbocycles. The van der Waals surface area contributed by atoms with Crippen LogP contribution >= 0.6 is 0 Å². The Morgan fingerprint density at radius 2 is 1.03 bits per heavy atom. The molecule has 0 saturated carbocycles. The lowest BCUT2D eigenvalue weighted by Crippen LogP contribution is -2.40. The van der Waals surface area contributed by atoms with Gasteiger partial charge in [-0.15, -0.1) is 0 Å². The second-order valence-corrected chi connectivity index (χ2v) is 10.3. The van der Waals surface area contributed by atoms with Gasteiger partial charge in [-0.25, -0.2) is 0 Å². The van der Waals surface area contributed by atoms with Crippen LogP contribution in [-0.4, -0.2) is 36.6 Å². The summed E-state index contributed by atoms with van der Waals surface area (Å²) >= 11 is 0. The molecule has 0 heterocycles. The van der Waals surface area contributed by atoms with Crippen molar-refractivity contribution in [3.63, 3.8) is 0 Å². The van der Waals surface area contributed by atoms with Gasteiger partial charge in [0.1, 0.15) is 11.5 Å². The Bertz CT molecular complexity index is 721. The predicted octanol–water partition coefficient (Wildman–Crippen LogP) is 7.70. The number of phenolic OH excluding ortho intramolecular Hbond substituents is 2. The van der Waals surface area contributed by atoms with Crippen molar-refractivity contribution in [2.75, 3.05) is 26.4 Å². The first kappa shape index (κ1) is 29.2. The maximum atomic E-state index is 9.76. The van der Waals surface area contributed by atoms with Crippen LogP contribution in [0.15, 0.2) is 48.5 Å². The maximum absolute atomic E-state index is 9.76. The second kappa shape index (κ2) is 16.6. The minimum Gasteiger partial charge on any atom is -0.508 e. The molecule has 4 nitrogen and oxygen atoms in total. The molecule has 0 aliphatic carbocycles. The molecule has 0 aliphatic rings. The molecule has 0 aliphatic heterocycles. The maximum Gasteiger partial charge on any atom is 0.115 e. The smallest absolute Gasteiger partial charge is 0.115 e. The number of rotatable bonds is 19. The fourth-order valence-corrected chi connectivity index (χ4v) is 4.55. The van der Waals surface area contributed by atoms with Gasteiger partial charge in [0.25, 0.3) is 0 Å². The molecule has 35 heavy (non-hydrogen) atoms. The van der Waals surface area contributed by atoms with Crippen molar-refractivity contribution < 1.29 is 19.7 Å².